The lowest BCUT2D eigenvalue weighted by molar-refractivity contribution is -0.153. The molecule has 284 valence electrons. The molecule has 0 saturated heterocycles. The first-order valence-electron chi connectivity index (χ1n) is 15.6. The maximum atomic E-state index is 12.1. The lowest BCUT2D eigenvalue weighted by Crippen LogP contribution is -2.18. The highest BCUT2D eigenvalue weighted by Crippen LogP contribution is 2.37. The van der Waals surface area contributed by atoms with E-state index in [9.17, 15) is 39.5 Å². The van der Waals surface area contributed by atoms with Gasteiger partial charge in [0, 0.05) is 32.2 Å². The Kier molecular flexibility index (Phi) is 17.1. The molecular weight excluding hydrogens is 736 g/mol. The highest BCUT2D eigenvalue weighted by atomic mass is 32.1. The molecule has 0 aliphatic carbocycles. The summed E-state index contributed by atoms with van der Waals surface area (Å²) in [6.45, 7) is 20.7. The third-order valence-corrected chi connectivity index (χ3v) is 10.2. The Morgan fingerprint density at radius 2 is 1.14 bits per heavy atom. The Labute approximate surface area is 300 Å². The van der Waals surface area contributed by atoms with E-state index in [0.717, 1.165) is 38.8 Å². The van der Waals surface area contributed by atoms with Gasteiger partial charge in [0.15, 0.2) is 22.6 Å². The lowest BCUT2D eigenvalue weighted by Gasteiger charge is -2.13. The molecule has 4 aromatic rings. The van der Waals surface area contributed by atoms with Crippen molar-refractivity contribution >= 4 is 34.0 Å². The zero-order valence-electron chi connectivity index (χ0n) is 29.8. The number of hydrogen-bond acceptors (Lipinski definition) is 7. The van der Waals surface area contributed by atoms with Crippen molar-refractivity contribution in [2.45, 2.75) is 124 Å². The molecule has 0 atom stereocenters. The number of aromatic nitrogens is 2. The average molecular weight is 781 g/mol. The molecule has 0 saturated carbocycles. The van der Waals surface area contributed by atoms with E-state index < -0.39 is 35.0 Å². The van der Waals surface area contributed by atoms with Crippen LogP contribution in [0.1, 0.15) is 136 Å². The van der Waals surface area contributed by atoms with Crippen LogP contribution in [0.4, 0.5) is 39.5 Å². The normalized spacial score (nSPS) is 12.4. The van der Waals surface area contributed by atoms with E-state index in [1.807, 2.05) is 47.7 Å². The summed E-state index contributed by atoms with van der Waals surface area (Å²) >= 11 is 2.79. The summed E-state index contributed by atoms with van der Waals surface area (Å²) in [6, 6.07) is 6.05. The molecule has 4 rings (SSSR count). The first kappa shape index (κ1) is 45.4. The Morgan fingerprint density at radius 1 is 0.620 bits per heavy atom. The molecule has 0 aromatic carbocycles. The highest BCUT2D eigenvalue weighted by molar-refractivity contribution is 7.14. The smallest absolute Gasteiger partial charge is 0.443 e. The van der Waals surface area contributed by atoms with Crippen molar-refractivity contribution in [1.29, 1.82) is 0 Å². The van der Waals surface area contributed by atoms with Crippen LogP contribution in [0.3, 0.4) is 0 Å². The quantitative estimate of drug-likeness (QED) is 0.183. The van der Waals surface area contributed by atoms with Crippen molar-refractivity contribution in [3.63, 3.8) is 0 Å². The molecular formula is C34H45F9N2O2S3. The van der Waals surface area contributed by atoms with Gasteiger partial charge in [-0.2, -0.15) is 39.5 Å². The number of nitrogens with zero attached hydrogens (tertiary/aromatic N) is 2. The Balaban J connectivity index is 0.000000334. The van der Waals surface area contributed by atoms with E-state index in [-0.39, 0.29) is 17.3 Å². The number of thiazole rings is 1. The molecule has 0 bridgehead atoms. The monoisotopic (exact) mass is 780 g/mol. The topological polar surface area (TPSA) is 48.2 Å². The molecule has 50 heavy (non-hydrogen) atoms. The highest BCUT2D eigenvalue weighted by Gasteiger charge is 2.35. The fourth-order valence-electron chi connectivity index (χ4n) is 3.28. The number of oxazole rings is 1. The average Bonchev–Trinajstić information content (AvgIpc) is 3.78. The van der Waals surface area contributed by atoms with Gasteiger partial charge in [-0.05, 0) is 42.0 Å². The number of halogens is 9. The van der Waals surface area contributed by atoms with Crippen molar-refractivity contribution in [3.8, 4) is 5.06 Å². The molecule has 0 aliphatic heterocycles. The molecule has 0 amide bonds. The molecule has 0 fully saturated rings. The largest absolute Gasteiger partial charge is 0.475 e. The van der Waals surface area contributed by atoms with Gasteiger partial charge in [-0.25, -0.2) is 9.97 Å². The maximum absolute atomic E-state index is 12.1. The van der Waals surface area contributed by atoms with Crippen LogP contribution in [0.15, 0.2) is 41.1 Å². The zero-order valence-corrected chi connectivity index (χ0v) is 32.3. The second-order valence-corrected chi connectivity index (χ2v) is 16.5. The van der Waals surface area contributed by atoms with E-state index >= 15 is 0 Å². The molecule has 4 heterocycles. The summed E-state index contributed by atoms with van der Waals surface area (Å²) < 4.78 is 118. The minimum atomic E-state index is -4.29. The summed E-state index contributed by atoms with van der Waals surface area (Å²) in [5.74, 6) is 2.78. The van der Waals surface area contributed by atoms with Crippen LogP contribution in [0.2, 0.25) is 0 Å². The van der Waals surface area contributed by atoms with Gasteiger partial charge >= 0.3 is 18.5 Å². The lowest BCUT2D eigenvalue weighted by atomic mass is 9.94. The van der Waals surface area contributed by atoms with Gasteiger partial charge in [0.2, 0.25) is 0 Å². The van der Waals surface area contributed by atoms with Crippen LogP contribution in [0.5, 0.6) is 5.06 Å². The second kappa shape index (κ2) is 18.8. The van der Waals surface area contributed by atoms with Crippen molar-refractivity contribution in [1.82, 2.24) is 9.97 Å². The maximum Gasteiger partial charge on any atom is 0.443 e. The molecule has 0 radical (unpaired) electrons. The molecule has 0 aliphatic rings. The van der Waals surface area contributed by atoms with Crippen LogP contribution in [0.25, 0.3) is 0 Å². The summed E-state index contributed by atoms with van der Waals surface area (Å²) in [6.07, 6.45) is -9.62. The Bertz CT molecular complexity index is 1400. The van der Waals surface area contributed by atoms with Gasteiger partial charge in [0.25, 0.3) is 0 Å². The van der Waals surface area contributed by atoms with Crippen molar-refractivity contribution < 1.29 is 48.7 Å². The van der Waals surface area contributed by atoms with Crippen molar-refractivity contribution in [2.75, 3.05) is 6.61 Å². The number of rotatable bonds is 6. The van der Waals surface area contributed by atoms with Crippen LogP contribution < -0.4 is 4.74 Å². The van der Waals surface area contributed by atoms with Crippen LogP contribution in [-0.4, -0.2) is 22.8 Å². The Morgan fingerprint density at radius 3 is 1.44 bits per heavy atom. The summed E-state index contributed by atoms with van der Waals surface area (Å²) in [5.41, 5.74) is 0.0696. The number of alkyl halides is 9. The minimum absolute atomic E-state index is 0.0696. The minimum Gasteiger partial charge on any atom is -0.475 e. The van der Waals surface area contributed by atoms with Crippen molar-refractivity contribution in [2.24, 2.45) is 0 Å². The van der Waals surface area contributed by atoms with Gasteiger partial charge in [0.1, 0.15) is 10.6 Å². The fourth-order valence-corrected chi connectivity index (χ4v) is 5.80. The van der Waals surface area contributed by atoms with E-state index in [1.54, 1.807) is 12.1 Å². The van der Waals surface area contributed by atoms with E-state index in [4.69, 9.17) is 4.42 Å². The SMILES string of the molecule is CC(C)c1ccc(C(F)(F)F)s1.CC(C)c1ccc(OCC(F)(F)F)s1.CC(C)c1cnc(C(F)(F)F)s1.CC(C)c1ncc(C(C)(C)C)o1. The van der Waals surface area contributed by atoms with Gasteiger partial charge in [-0.15, -0.1) is 34.0 Å². The van der Waals surface area contributed by atoms with E-state index in [1.165, 1.54) is 23.6 Å². The van der Waals surface area contributed by atoms with Gasteiger partial charge in [0.05, 0.1) is 6.20 Å². The van der Waals surface area contributed by atoms with Crippen LogP contribution >= 0.6 is 34.0 Å². The molecule has 16 heteroatoms. The zero-order chi connectivity index (χ0) is 38.8. The van der Waals surface area contributed by atoms with Gasteiger partial charge < -0.3 is 9.15 Å². The first-order chi connectivity index (χ1) is 22.6. The van der Waals surface area contributed by atoms with Gasteiger partial charge in [-0.1, -0.05) is 76.2 Å². The van der Waals surface area contributed by atoms with Crippen molar-refractivity contribution in [3.05, 3.63) is 72.8 Å². The third-order valence-electron chi connectivity index (χ3n) is 6.12. The molecule has 4 nitrogen and oxygen atoms in total. The molecule has 0 spiro atoms. The summed E-state index contributed by atoms with van der Waals surface area (Å²) in [7, 11) is 0. The second-order valence-electron chi connectivity index (χ2n) is 13.3. The van der Waals surface area contributed by atoms with Crippen LogP contribution in [-0.2, 0) is 17.8 Å². The fraction of sp³-hybridized carbons (Fsp3) is 0.588. The predicted octanol–water partition coefficient (Wildman–Crippen LogP) is 14.1. The van der Waals surface area contributed by atoms with E-state index in [0.29, 0.717) is 33.1 Å². The third kappa shape index (κ3) is 16.6. The van der Waals surface area contributed by atoms with E-state index in [2.05, 4.69) is 49.3 Å². The number of ether oxygens (including phenoxy) is 1. The predicted molar refractivity (Wildman–Crippen MR) is 184 cm³/mol. The van der Waals surface area contributed by atoms with Crippen LogP contribution in [0, 0.1) is 0 Å². The molecule has 0 N–H and O–H groups in total. The van der Waals surface area contributed by atoms with Gasteiger partial charge in [-0.3, -0.25) is 0 Å². The number of hydrogen-bond donors (Lipinski definition) is 0. The summed E-state index contributed by atoms with van der Waals surface area (Å²) in [4.78, 5) is 9.49. The number of thiophene rings is 2. The Hall–Kier alpha value is -2.59. The molecule has 0 unspecified atom stereocenters. The first-order valence-corrected chi connectivity index (χ1v) is 18.0. The standard InChI is InChI=1S/C10H17NO.C9H11F3OS.C8H9F3S.C7H8F3NS/c1-7(2)9-11-6-8(12-9)10(3,4)5;1-6(2)7-3-4-8(14-7)13-5-9(10,11)12;1-5(2)6-3-4-7(12-6)8(9,10)11;1-4(2)5-3-11-6(12-5)7(8,9)10/h6-7H,1-5H3;3-4,6H,5H2,1-2H3;3-5H,1-2H3;3-4H,1-2H3. The molecule has 4 aromatic heterocycles. The summed E-state index contributed by atoms with van der Waals surface area (Å²) in [5, 5.41) is -0.433.